The Morgan fingerprint density at radius 2 is 1.82 bits per heavy atom. The Hall–Kier alpha value is -2.44. The fraction of sp³-hybridized carbons (Fsp3) is 0.200. The molecule has 0 amide bonds. The maximum Gasteiger partial charge on any atom is 0.273 e. The Balaban J connectivity index is 3.22. The van der Waals surface area contributed by atoms with Crippen LogP contribution in [0.15, 0.2) is 24.3 Å². The Kier molecular flexibility index (Phi) is 3.76. The summed E-state index contributed by atoms with van der Waals surface area (Å²) in [5, 5.41) is 31.8. The molecular weight excluding hydrogens is 230 g/mol. The van der Waals surface area contributed by atoms with Crippen molar-refractivity contribution in [1.82, 2.24) is 0 Å². The molecule has 0 aliphatic heterocycles. The Morgan fingerprint density at radius 1 is 1.24 bits per heavy atom. The maximum absolute atomic E-state index is 10.8. The number of carbonyl (C=O) groups excluding carboxylic acids is 2. The summed E-state index contributed by atoms with van der Waals surface area (Å²) in [6.07, 6.45) is -0.868. The van der Waals surface area contributed by atoms with Crippen molar-refractivity contribution in [3.63, 3.8) is 0 Å². The molecule has 1 aromatic carbocycles. The predicted molar refractivity (Wildman–Crippen MR) is 50.5 cm³/mol. The number of carbonyl (C=O) groups is 2. The van der Waals surface area contributed by atoms with Gasteiger partial charge in [0.25, 0.3) is 5.69 Å². The van der Waals surface area contributed by atoms with Gasteiger partial charge in [-0.3, -0.25) is 10.1 Å². The number of hydrogen-bond donors (Lipinski definition) is 0. The lowest BCUT2D eigenvalue weighted by molar-refractivity contribution is -0.386. The first-order valence-corrected chi connectivity index (χ1v) is 4.57. The molecule has 0 N–H and O–H groups in total. The summed E-state index contributed by atoms with van der Waals surface area (Å²) >= 11 is 0. The summed E-state index contributed by atoms with van der Waals surface area (Å²) in [6, 6.07) is 5.02. The first-order chi connectivity index (χ1) is 7.93. The van der Waals surface area contributed by atoms with Crippen molar-refractivity contribution in [1.29, 1.82) is 0 Å². The molecule has 0 saturated carbocycles. The minimum absolute atomic E-state index is 0.207. The third-order valence-electron chi connectivity index (χ3n) is 2.16. The van der Waals surface area contributed by atoms with Crippen molar-refractivity contribution in [2.75, 3.05) is 0 Å². The van der Waals surface area contributed by atoms with Crippen LogP contribution < -0.4 is 10.2 Å². The van der Waals surface area contributed by atoms with Crippen LogP contribution in [0.3, 0.4) is 0 Å². The van der Waals surface area contributed by atoms with Gasteiger partial charge in [0.15, 0.2) is 0 Å². The van der Waals surface area contributed by atoms with Gasteiger partial charge in [0.2, 0.25) is 0 Å². The first kappa shape index (κ1) is 12.6. The fourth-order valence-electron chi connectivity index (χ4n) is 1.44. The number of benzene rings is 1. The van der Waals surface area contributed by atoms with Crippen LogP contribution in [0, 0.1) is 10.1 Å². The standard InChI is InChI=1S/C10H9NO6/c12-9(13)5-7(10(14)15)6-3-1-2-4-8(6)11(16)17/h1-4,7H,5H2,(H,12,13)(H,14,15)/p-2/t7-/m1/s1. The van der Waals surface area contributed by atoms with E-state index in [2.05, 4.69) is 0 Å². The van der Waals surface area contributed by atoms with Crippen LogP contribution in [-0.2, 0) is 9.59 Å². The van der Waals surface area contributed by atoms with Gasteiger partial charge in [-0.1, -0.05) is 18.2 Å². The molecule has 1 aromatic rings. The predicted octanol–water partition coefficient (Wildman–Crippen LogP) is -1.43. The van der Waals surface area contributed by atoms with E-state index in [0.29, 0.717) is 0 Å². The summed E-state index contributed by atoms with van der Waals surface area (Å²) < 4.78 is 0. The third kappa shape index (κ3) is 3.00. The molecule has 0 aliphatic carbocycles. The summed E-state index contributed by atoms with van der Waals surface area (Å²) in [5.74, 6) is -4.90. The van der Waals surface area contributed by atoms with E-state index < -0.39 is 34.9 Å². The van der Waals surface area contributed by atoms with Crippen molar-refractivity contribution in [3.05, 3.63) is 39.9 Å². The highest BCUT2D eigenvalue weighted by Gasteiger charge is 2.22. The second kappa shape index (κ2) is 5.06. The molecule has 0 aliphatic rings. The molecular formula is C10H7NO6-2. The number of nitro benzene ring substituents is 1. The van der Waals surface area contributed by atoms with E-state index in [-0.39, 0.29) is 5.56 Å². The van der Waals surface area contributed by atoms with Gasteiger partial charge in [0.05, 0.1) is 4.92 Å². The van der Waals surface area contributed by atoms with Gasteiger partial charge in [-0.25, -0.2) is 0 Å². The van der Waals surface area contributed by atoms with Crippen LogP contribution in [-0.4, -0.2) is 16.9 Å². The van der Waals surface area contributed by atoms with Crippen molar-refractivity contribution < 1.29 is 24.7 Å². The Labute approximate surface area is 95.5 Å². The number of nitrogens with zero attached hydrogens (tertiary/aromatic N) is 1. The van der Waals surface area contributed by atoms with Crippen LogP contribution in [0.4, 0.5) is 5.69 Å². The lowest BCUT2D eigenvalue weighted by Gasteiger charge is -2.18. The van der Waals surface area contributed by atoms with Crippen LogP contribution in [0.5, 0.6) is 0 Å². The Morgan fingerprint density at radius 3 is 2.29 bits per heavy atom. The number of aliphatic carboxylic acids is 2. The molecule has 0 unspecified atom stereocenters. The van der Waals surface area contributed by atoms with Crippen molar-refractivity contribution >= 4 is 17.6 Å². The van der Waals surface area contributed by atoms with Crippen molar-refractivity contribution in [3.8, 4) is 0 Å². The van der Waals surface area contributed by atoms with Gasteiger partial charge in [-0.15, -0.1) is 0 Å². The average Bonchev–Trinajstić information content (AvgIpc) is 2.25. The molecule has 7 nitrogen and oxygen atoms in total. The molecule has 0 heterocycles. The number of para-hydroxylation sites is 1. The Bertz CT molecular complexity index is 470. The highest BCUT2D eigenvalue weighted by molar-refractivity contribution is 5.81. The lowest BCUT2D eigenvalue weighted by Crippen LogP contribution is -2.35. The number of rotatable bonds is 5. The summed E-state index contributed by atoms with van der Waals surface area (Å²) in [6.45, 7) is 0. The van der Waals surface area contributed by atoms with E-state index in [1.54, 1.807) is 0 Å². The number of hydrogen-bond acceptors (Lipinski definition) is 6. The molecule has 1 rings (SSSR count). The number of carboxylic acid groups (broad SMARTS) is 2. The van der Waals surface area contributed by atoms with Crippen molar-refractivity contribution in [2.24, 2.45) is 0 Å². The summed E-state index contributed by atoms with van der Waals surface area (Å²) in [4.78, 5) is 31.1. The zero-order valence-electron chi connectivity index (χ0n) is 8.49. The van der Waals surface area contributed by atoms with Crippen molar-refractivity contribution in [2.45, 2.75) is 12.3 Å². The topological polar surface area (TPSA) is 123 Å². The monoisotopic (exact) mass is 237 g/mol. The summed E-state index contributed by atoms with van der Waals surface area (Å²) in [7, 11) is 0. The van der Waals surface area contributed by atoms with E-state index in [9.17, 15) is 29.9 Å². The second-order valence-corrected chi connectivity index (χ2v) is 3.26. The maximum atomic E-state index is 10.8. The van der Waals surface area contributed by atoms with E-state index in [1.165, 1.54) is 18.2 Å². The molecule has 0 aromatic heterocycles. The zero-order chi connectivity index (χ0) is 13.0. The van der Waals surface area contributed by atoms with Gasteiger partial charge in [0.1, 0.15) is 0 Å². The highest BCUT2D eigenvalue weighted by Crippen LogP contribution is 2.28. The zero-order valence-corrected chi connectivity index (χ0v) is 8.49. The normalized spacial score (nSPS) is 11.8. The molecule has 0 saturated heterocycles. The fourth-order valence-corrected chi connectivity index (χ4v) is 1.44. The molecule has 7 heteroatoms. The summed E-state index contributed by atoms with van der Waals surface area (Å²) in [5.41, 5.74) is -0.662. The third-order valence-corrected chi connectivity index (χ3v) is 2.16. The first-order valence-electron chi connectivity index (χ1n) is 4.57. The average molecular weight is 237 g/mol. The smallest absolute Gasteiger partial charge is 0.273 e. The van der Waals surface area contributed by atoms with Gasteiger partial charge in [0, 0.05) is 29.5 Å². The molecule has 0 spiro atoms. The minimum Gasteiger partial charge on any atom is -0.550 e. The van der Waals surface area contributed by atoms with Crippen LogP contribution in [0.2, 0.25) is 0 Å². The molecule has 17 heavy (non-hydrogen) atoms. The largest absolute Gasteiger partial charge is 0.550 e. The highest BCUT2D eigenvalue weighted by atomic mass is 16.6. The van der Waals surface area contributed by atoms with Gasteiger partial charge < -0.3 is 19.8 Å². The molecule has 1 atom stereocenters. The van der Waals surface area contributed by atoms with E-state index in [0.717, 1.165) is 6.07 Å². The number of nitro groups is 1. The van der Waals surface area contributed by atoms with Gasteiger partial charge in [-0.05, 0) is 6.42 Å². The van der Waals surface area contributed by atoms with Crippen LogP contribution >= 0.6 is 0 Å². The number of carboxylic acids is 2. The van der Waals surface area contributed by atoms with E-state index in [4.69, 9.17) is 0 Å². The lowest BCUT2D eigenvalue weighted by atomic mass is 9.94. The second-order valence-electron chi connectivity index (χ2n) is 3.26. The van der Waals surface area contributed by atoms with Crippen LogP contribution in [0.1, 0.15) is 17.9 Å². The van der Waals surface area contributed by atoms with Gasteiger partial charge >= 0.3 is 0 Å². The molecule has 0 radical (unpaired) electrons. The van der Waals surface area contributed by atoms with Crippen LogP contribution in [0.25, 0.3) is 0 Å². The quantitative estimate of drug-likeness (QED) is 0.456. The van der Waals surface area contributed by atoms with E-state index >= 15 is 0 Å². The molecule has 0 fully saturated rings. The SMILES string of the molecule is O=C([O-])C[C@@H](C(=O)[O-])c1ccccc1[N+](=O)[O-]. The molecule has 0 bridgehead atoms. The van der Waals surface area contributed by atoms with Gasteiger partial charge in [-0.2, -0.15) is 0 Å². The molecule has 90 valence electrons. The van der Waals surface area contributed by atoms with E-state index in [1.807, 2.05) is 0 Å². The minimum atomic E-state index is -1.69.